The Morgan fingerprint density at radius 3 is 2.26 bits per heavy atom. The van der Waals surface area contributed by atoms with Crippen molar-refractivity contribution in [3.8, 4) is 5.69 Å². The predicted octanol–water partition coefficient (Wildman–Crippen LogP) is 3.06. The molecule has 100 valence electrons. The van der Waals surface area contributed by atoms with E-state index in [1.807, 2.05) is 0 Å². The molecule has 0 saturated heterocycles. The largest absolute Gasteiger partial charge is 0.476 e. The van der Waals surface area contributed by atoms with Gasteiger partial charge in [0.2, 0.25) is 0 Å². The number of aromatic carboxylic acids is 1. The second-order valence-electron chi connectivity index (χ2n) is 3.69. The number of halogens is 4. The van der Waals surface area contributed by atoms with Crippen molar-refractivity contribution >= 4 is 21.9 Å². The summed E-state index contributed by atoms with van der Waals surface area (Å²) in [6, 6.07) is 1.47. The van der Waals surface area contributed by atoms with E-state index in [2.05, 4.69) is 21.0 Å². The number of carboxylic acid groups (broad SMARTS) is 1. The Hall–Kier alpha value is -1.83. The van der Waals surface area contributed by atoms with Crippen molar-refractivity contribution in [2.45, 2.75) is 6.92 Å². The van der Waals surface area contributed by atoms with Crippen molar-refractivity contribution in [1.29, 1.82) is 0 Å². The topological polar surface area (TPSA) is 55.1 Å². The number of carboxylic acids is 1. The molecular weight excluding hydrogens is 329 g/mol. The Kier molecular flexibility index (Phi) is 3.36. The molecule has 0 aliphatic rings. The van der Waals surface area contributed by atoms with Gasteiger partial charge >= 0.3 is 5.97 Å². The molecule has 0 saturated carbocycles. The summed E-state index contributed by atoms with van der Waals surface area (Å²) in [6.07, 6.45) is 0. The SMILES string of the molecule is Cc1c(Br)c(C(=O)O)nn1-c1cc(F)c(F)c(F)c1. The molecule has 0 aliphatic carbocycles. The second kappa shape index (κ2) is 4.69. The van der Waals surface area contributed by atoms with Gasteiger partial charge in [0.1, 0.15) is 0 Å². The first-order chi connectivity index (χ1) is 8.82. The standard InChI is InChI=1S/C11H6BrF3N2O2/c1-4-8(12)10(11(18)19)16-17(4)5-2-6(13)9(15)7(14)3-5/h2-3H,1H3,(H,18,19). The van der Waals surface area contributed by atoms with Crippen molar-refractivity contribution in [1.82, 2.24) is 9.78 Å². The molecule has 19 heavy (non-hydrogen) atoms. The van der Waals surface area contributed by atoms with Crippen LogP contribution in [0.1, 0.15) is 16.2 Å². The van der Waals surface area contributed by atoms with Gasteiger partial charge in [0.05, 0.1) is 15.9 Å². The lowest BCUT2D eigenvalue weighted by Crippen LogP contribution is -2.04. The van der Waals surface area contributed by atoms with Crippen LogP contribution in [0.2, 0.25) is 0 Å². The third-order valence-electron chi connectivity index (χ3n) is 2.46. The normalized spacial score (nSPS) is 10.8. The van der Waals surface area contributed by atoms with E-state index in [1.165, 1.54) is 6.92 Å². The monoisotopic (exact) mass is 334 g/mol. The summed E-state index contributed by atoms with van der Waals surface area (Å²) in [7, 11) is 0. The van der Waals surface area contributed by atoms with Crippen LogP contribution in [0.25, 0.3) is 5.69 Å². The number of carbonyl (C=O) groups is 1. The van der Waals surface area contributed by atoms with E-state index in [-0.39, 0.29) is 15.9 Å². The minimum Gasteiger partial charge on any atom is -0.476 e. The molecule has 1 N–H and O–H groups in total. The summed E-state index contributed by atoms with van der Waals surface area (Å²) in [5.74, 6) is -5.64. The van der Waals surface area contributed by atoms with Gasteiger partial charge in [-0.05, 0) is 22.9 Å². The molecule has 0 atom stereocenters. The van der Waals surface area contributed by atoms with Crippen LogP contribution in [0, 0.1) is 24.4 Å². The molecule has 0 radical (unpaired) electrons. The quantitative estimate of drug-likeness (QED) is 0.859. The van der Waals surface area contributed by atoms with Crippen molar-refractivity contribution in [3.63, 3.8) is 0 Å². The molecule has 0 amide bonds. The number of rotatable bonds is 2. The average Bonchev–Trinajstić information content (AvgIpc) is 2.63. The van der Waals surface area contributed by atoms with Gasteiger partial charge in [-0.3, -0.25) is 0 Å². The fraction of sp³-hybridized carbons (Fsp3) is 0.0909. The highest BCUT2D eigenvalue weighted by atomic mass is 79.9. The van der Waals surface area contributed by atoms with Crippen LogP contribution >= 0.6 is 15.9 Å². The van der Waals surface area contributed by atoms with Gasteiger partial charge in [0.15, 0.2) is 23.1 Å². The molecular formula is C11H6BrF3N2O2. The molecule has 0 aliphatic heterocycles. The fourth-order valence-corrected chi connectivity index (χ4v) is 1.95. The molecule has 0 fully saturated rings. The van der Waals surface area contributed by atoms with E-state index in [0.717, 1.165) is 16.8 Å². The molecule has 0 bridgehead atoms. The smallest absolute Gasteiger partial charge is 0.357 e. The Bertz CT molecular complexity index is 662. The summed E-state index contributed by atoms with van der Waals surface area (Å²) >= 11 is 3.02. The maximum absolute atomic E-state index is 13.1. The Morgan fingerprint density at radius 1 is 1.32 bits per heavy atom. The number of benzene rings is 1. The molecule has 2 aromatic rings. The molecule has 0 unspecified atom stereocenters. The minimum atomic E-state index is -1.59. The zero-order valence-corrected chi connectivity index (χ0v) is 11.0. The number of aromatic nitrogens is 2. The van der Waals surface area contributed by atoms with Crippen LogP contribution in [-0.2, 0) is 0 Å². The summed E-state index contributed by atoms with van der Waals surface area (Å²) in [6.45, 7) is 1.50. The number of hydrogen-bond donors (Lipinski definition) is 1. The van der Waals surface area contributed by atoms with Crippen molar-refractivity contribution in [2.24, 2.45) is 0 Å². The van der Waals surface area contributed by atoms with Gasteiger partial charge in [0.25, 0.3) is 0 Å². The second-order valence-corrected chi connectivity index (χ2v) is 4.48. The van der Waals surface area contributed by atoms with Crippen molar-refractivity contribution < 1.29 is 23.1 Å². The fourth-order valence-electron chi connectivity index (χ4n) is 1.54. The number of hydrogen-bond acceptors (Lipinski definition) is 2. The average molecular weight is 335 g/mol. The summed E-state index contributed by atoms with van der Waals surface area (Å²) in [5.41, 5.74) is -0.0902. The maximum Gasteiger partial charge on any atom is 0.357 e. The van der Waals surface area contributed by atoms with Gasteiger partial charge in [-0.2, -0.15) is 5.10 Å². The minimum absolute atomic E-state index is 0.109. The first kappa shape index (κ1) is 13.6. The highest BCUT2D eigenvalue weighted by molar-refractivity contribution is 9.10. The van der Waals surface area contributed by atoms with Crippen LogP contribution in [0.3, 0.4) is 0 Å². The molecule has 4 nitrogen and oxygen atoms in total. The van der Waals surface area contributed by atoms with Crippen LogP contribution in [0.15, 0.2) is 16.6 Å². The van der Waals surface area contributed by atoms with E-state index in [4.69, 9.17) is 5.11 Å². The lowest BCUT2D eigenvalue weighted by molar-refractivity contribution is 0.0689. The highest BCUT2D eigenvalue weighted by Gasteiger charge is 2.20. The summed E-state index contributed by atoms with van der Waals surface area (Å²) in [4.78, 5) is 10.9. The third kappa shape index (κ3) is 2.23. The molecule has 2 rings (SSSR count). The first-order valence-electron chi connectivity index (χ1n) is 4.96. The number of nitrogens with zero attached hydrogens (tertiary/aromatic N) is 2. The van der Waals surface area contributed by atoms with Gasteiger partial charge < -0.3 is 5.11 Å². The Balaban J connectivity index is 2.66. The van der Waals surface area contributed by atoms with E-state index in [9.17, 15) is 18.0 Å². The molecule has 1 heterocycles. The van der Waals surface area contributed by atoms with E-state index < -0.39 is 23.4 Å². The van der Waals surface area contributed by atoms with Crippen molar-refractivity contribution in [2.75, 3.05) is 0 Å². The first-order valence-corrected chi connectivity index (χ1v) is 5.75. The Labute approximate surface area is 113 Å². The van der Waals surface area contributed by atoms with E-state index >= 15 is 0 Å². The van der Waals surface area contributed by atoms with Crippen LogP contribution in [0.5, 0.6) is 0 Å². The van der Waals surface area contributed by atoms with E-state index in [1.54, 1.807) is 0 Å². The molecule has 1 aromatic heterocycles. The zero-order chi connectivity index (χ0) is 14.3. The van der Waals surface area contributed by atoms with Gasteiger partial charge in [0, 0.05) is 12.1 Å². The Morgan fingerprint density at radius 2 is 1.84 bits per heavy atom. The zero-order valence-electron chi connectivity index (χ0n) is 9.42. The maximum atomic E-state index is 13.1. The molecule has 1 aromatic carbocycles. The van der Waals surface area contributed by atoms with Crippen LogP contribution in [0.4, 0.5) is 13.2 Å². The lowest BCUT2D eigenvalue weighted by Gasteiger charge is -2.05. The highest BCUT2D eigenvalue weighted by Crippen LogP contribution is 2.25. The van der Waals surface area contributed by atoms with Gasteiger partial charge in [-0.1, -0.05) is 0 Å². The lowest BCUT2D eigenvalue weighted by atomic mass is 10.3. The van der Waals surface area contributed by atoms with Crippen molar-refractivity contribution in [3.05, 3.63) is 45.4 Å². The van der Waals surface area contributed by atoms with Gasteiger partial charge in [-0.15, -0.1) is 0 Å². The van der Waals surface area contributed by atoms with Crippen LogP contribution < -0.4 is 0 Å². The van der Waals surface area contributed by atoms with E-state index in [0.29, 0.717) is 5.69 Å². The summed E-state index contributed by atoms with van der Waals surface area (Å²) in [5, 5.41) is 12.6. The molecule has 0 spiro atoms. The summed E-state index contributed by atoms with van der Waals surface area (Å²) < 4.78 is 40.3. The predicted molar refractivity (Wildman–Crippen MR) is 62.8 cm³/mol. The third-order valence-corrected chi connectivity index (χ3v) is 3.41. The van der Waals surface area contributed by atoms with Crippen LogP contribution in [-0.4, -0.2) is 20.9 Å². The van der Waals surface area contributed by atoms with Gasteiger partial charge in [-0.25, -0.2) is 22.6 Å². The molecule has 8 heteroatoms.